The molecule has 0 fully saturated rings. The normalized spacial score (nSPS) is 10.2. The predicted octanol–water partition coefficient (Wildman–Crippen LogP) is 3.09. The molecule has 1 heterocycles. The lowest BCUT2D eigenvalue weighted by atomic mass is 10.2. The molecule has 0 bridgehead atoms. The molecular formula is C20H21N5O4. The van der Waals surface area contributed by atoms with E-state index in [2.05, 4.69) is 20.6 Å². The molecule has 0 aliphatic carbocycles. The number of rotatable bonds is 8. The van der Waals surface area contributed by atoms with Crippen molar-refractivity contribution in [3.8, 4) is 17.2 Å². The van der Waals surface area contributed by atoms with E-state index in [9.17, 15) is 4.79 Å². The number of nitrogens with two attached hydrogens (primary N) is 1. The van der Waals surface area contributed by atoms with Crippen molar-refractivity contribution >= 4 is 29.0 Å². The first kappa shape index (κ1) is 19.7. The Morgan fingerprint density at radius 2 is 1.59 bits per heavy atom. The summed E-state index contributed by atoms with van der Waals surface area (Å²) in [6.07, 6.45) is 1.36. The van der Waals surface area contributed by atoms with Gasteiger partial charge in [-0.25, -0.2) is 4.98 Å². The van der Waals surface area contributed by atoms with Crippen LogP contribution in [0.1, 0.15) is 10.4 Å². The second kappa shape index (κ2) is 8.79. The van der Waals surface area contributed by atoms with Crippen molar-refractivity contribution in [2.45, 2.75) is 0 Å². The van der Waals surface area contributed by atoms with E-state index in [0.29, 0.717) is 22.9 Å². The lowest BCUT2D eigenvalue weighted by Gasteiger charge is -2.15. The van der Waals surface area contributed by atoms with E-state index in [1.54, 1.807) is 12.1 Å². The molecule has 1 amide bonds. The molecule has 0 aliphatic rings. The van der Waals surface area contributed by atoms with E-state index in [-0.39, 0.29) is 17.3 Å². The van der Waals surface area contributed by atoms with Crippen LogP contribution >= 0.6 is 0 Å². The standard InChI is InChI=1S/C20H21N5O4/c1-27-15-9-13(10-16(28-2)17(15)29-3)24-20-22-11-14(18(21)26)19(25-20)23-12-7-5-4-6-8-12/h4-11H,1-3H3,(H2,21,26)(H2,22,23,24,25). The molecule has 0 saturated carbocycles. The minimum absolute atomic E-state index is 0.171. The van der Waals surface area contributed by atoms with Crippen molar-refractivity contribution in [1.29, 1.82) is 0 Å². The first-order chi connectivity index (χ1) is 14.0. The zero-order chi connectivity index (χ0) is 20.8. The van der Waals surface area contributed by atoms with Gasteiger partial charge in [0, 0.05) is 29.7 Å². The van der Waals surface area contributed by atoms with Gasteiger partial charge in [0.1, 0.15) is 11.4 Å². The number of para-hydroxylation sites is 1. The maximum absolute atomic E-state index is 11.8. The van der Waals surface area contributed by atoms with Crippen LogP contribution in [-0.4, -0.2) is 37.2 Å². The third kappa shape index (κ3) is 4.46. The molecule has 0 atom stereocenters. The molecule has 150 valence electrons. The number of carbonyl (C=O) groups excluding carboxylic acids is 1. The van der Waals surface area contributed by atoms with E-state index in [1.807, 2.05) is 30.3 Å². The molecule has 0 radical (unpaired) electrons. The summed E-state index contributed by atoms with van der Waals surface area (Å²) >= 11 is 0. The molecule has 9 heteroatoms. The van der Waals surface area contributed by atoms with E-state index in [4.69, 9.17) is 19.9 Å². The average Bonchev–Trinajstić information content (AvgIpc) is 2.73. The maximum atomic E-state index is 11.8. The Morgan fingerprint density at radius 1 is 0.931 bits per heavy atom. The topological polar surface area (TPSA) is 121 Å². The minimum atomic E-state index is -0.636. The van der Waals surface area contributed by atoms with Crippen LogP contribution in [0.4, 0.5) is 23.1 Å². The van der Waals surface area contributed by atoms with Gasteiger partial charge < -0.3 is 30.6 Å². The number of benzene rings is 2. The summed E-state index contributed by atoms with van der Waals surface area (Å²) in [5, 5.41) is 6.15. The third-order valence-electron chi connectivity index (χ3n) is 4.01. The Balaban J connectivity index is 1.95. The fourth-order valence-electron chi connectivity index (χ4n) is 2.66. The SMILES string of the molecule is COc1cc(Nc2ncc(C(N)=O)c(Nc3ccccc3)n2)cc(OC)c1OC. The van der Waals surface area contributed by atoms with E-state index >= 15 is 0 Å². The van der Waals surface area contributed by atoms with Crippen molar-refractivity contribution in [3.05, 3.63) is 54.2 Å². The number of nitrogens with one attached hydrogen (secondary N) is 2. The summed E-state index contributed by atoms with van der Waals surface area (Å²) < 4.78 is 16.0. The molecule has 2 aromatic carbocycles. The van der Waals surface area contributed by atoms with Gasteiger partial charge in [-0.05, 0) is 12.1 Å². The summed E-state index contributed by atoms with van der Waals surface area (Å²) in [7, 11) is 4.59. The van der Waals surface area contributed by atoms with Gasteiger partial charge in [0.25, 0.3) is 5.91 Å². The van der Waals surface area contributed by atoms with Gasteiger partial charge in [-0.15, -0.1) is 0 Å². The molecule has 1 aromatic heterocycles. The fourth-order valence-corrected chi connectivity index (χ4v) is 2.66. The maximum Gasteiger partial charge on any atom is 0.254 e. The van der Waals surface area contributed by atoms with Crippen LogP contribution < -0.4 is 30.6 Å². The van der Waals surface area contributed by atoms with Gasteiger partial charge >= 0.3 is 0 Å². The quantitative estimate of drug-likeness (QED) is 0.532. The van der Waals surface area contributed by atoms with E-state index in [1.165, 1.54) is 27.5 Å². The molecular weight excluding hydrogens is 374 g/mol. The first-order valence-corrected chi connectivity index (χ1v) is 8.61. The Hall–Kier alpha value is -4.01. The predicted molar refractivity (Wildman–Crippen MR) is 110 cm³/mol. The molecule has 0 aliphatic heterocycles. The highest BCUT2D eigenvalue weighted by molar-refractivity contribution is 5.98. The van der Waals surface area contributed by atoms with Crippen molar-refractivity contribution in [1.82, 2.24) is 9.97 Å². The largest absolute Gasteiger partial charge is 0.493 e. The van der Waals surface area contributed by atoms with Crippen LogP contribution in [0.25, 0.3) is 0 Å². The highest BCUT2D eigenvalue weighted by Gasteiger charge is 2.16. The van der Waals surface area contributed by atoms with E-state index < -0.39 is 5.91 Å². The fraction of sp³-hybridized carbons (Fsp3) is 0.150. The summed E-state index contributed by atoms with van der Waals surface area (Å²) in [4.78, 5) is 20.3. The number of nitrogens with zero attached hydrogens (tertiary/aromatic N) is 2. The van der Waals surface area contributed by atoms with E-state index in [0.717, 1.165) is 5.69 Å². The van der Waals surface area contributed by atoms with Crippen LogP contribution in [0.2, 0.25) is 0 Å². The summed E-state index contributed by atoms with van der Waals surface area (Å²) in [6, 6.07) is 12.7. The Labute approximate surface area is 167 Å². The van der Waals surface area contributed by atoms with Crippen LogP contribution in [0, 0.1) is 0 Å². The Kier molecular flexibility index (Phi) is 5.98. The molecule has 0 unspecified atom stereocenters. The van der Waals surface area contributed by atoms with Crippen molar-refractivity contribution in [3.63, 3.8) is 0 Å². The summed E-state index contributed by atoms with van der Waals surface area (Å²) in [5.41, 5.74) is 6.99. The molecule has 29 heavy (non-hydrogen) atoms. The molecule has 3 aromatic rings. The second-order valence-electron chi connectivity index (χ2n) is 5.85. The summed E-state index contributed by atoms with van der Waals surface area (Å²) in [6.45, 7) is 0. The molecule has 4 N–H and O–H groups in total. The zero-order valence-corrected chi connectivity index (χ0v) is 16.2. The smallest absolute Gasteiger partial charge is 0.254 e. The van der Waals surface area contributed by atoms with Crippen molar-refractivity contribution < 1.29 is 19.0 Å². The average molecular weight is 395 g/mol. The van der Waals surface area contributed by atoms with Crippen LogP contribution in [0.15, 0.2) is 48.7 Å². The number of carbonyl (C=O) groups is 1. The number of ether oxygens (including phenoxy) is 3. The summed E-state index contributed by atoms with van der Waals surface area (Å²) in [5.74, 6) is 1.33. The number of anilines is 4. The highest BCUT2D eigenvalue weighted by Crippen LogP contribution is 2.40. The van der Waals surface area contributed by atoms with Crippen LogP contribution in [0.3, 0.4) is 0 Å². The molecule has 0 spiro atoms. The Bertz CT molecular complexity index is 986. The monoisotopic (exact) mass is 395 g/mol. The third-order valence-corrected chi connectivity index (χ3v) is 4.01. The number of primary amides is 1. The lowest BCUT2D eigenvalue weighted by Crippen LogP contribution is -2.15. The van der Waals surface area contributed by atoms with Gasteiger partial charge in [0.05, 0.1) is 21.3 Å². The number of hydrogen-bond donors (Lipinski definition) is 3. The van der Waals surface area contributed by atoms with Gasteiger partial charge in [-0.3, -0.25) is 4.79 Å². The van der Waals surface area contributed by atoms with Crippen molar-refractivity contribution in [2.75, 3.05) is 32.0 Å². The second-order valence-corrected chi connectivity index (χ2v) is 5.85. The first-order valence-electron chi connectivity index (χ1n) is 8.61. The number of amides is 1. The minimum Gasteiger partial charge on any atom is -0.493 e. The van der Waals surface area contributed by atoms with Crippen molar-refractivity contribution in [2.24, 2.45) is 5.73 Å². The molecule has 9 nitrogen and oxygen atoms in total. The van der Waals surface area contributed by atoms with Gasteiger partial charge in [0.15, 0.2) is 11.5 Å². The molecule has 3 rings (SSSR count). The Morgan fingerprint density at radius 3 is 2.14 bits per heavy atom. The number of methoxy groups -OCH3 is 3. The highest BCUT2D eigenvalue weighted by atomic mass is 16.5. The van der Waals surface area contributed by atoms with Crippen LogP contribution in [0.5, 0.6) is 17.2 Å². The lowest BCUT2D eigenvalue weighted by molar-refractivity contribution is 0.100. The van der Waals surface area contributed by atoms with Gasteiger partial charge in [-0.1, -0.05) is 18.2 Å². The zero-order valence-electron chi connectivity index (χ0n) is 16.2. The van der Waals surface area contributed by atoms with Gasteiger partial charge in [0.2, 0.25) is 11.7 Å². The number of hydrogen-bond acceptors (Lipinski definition) is 8. The molecule has 0 saturated heterocycles. The number of aromatic nitrogens is 2. The van der Waals surface area contributed by atoms with Crippen LogP contribution in [-0.2, 0) is 0 Å². The van der Waals surface area contributed by atoms with Gasteiger partial charge in [-0.2, -0.15) is 4.98 Å².